The van der Waals surface area contributed by atoms with Crippen molar-refractivity contribution < 1.29 is 9.50 Å². The van der Waals surface area contributed by atoms with Crippen molar-refractivity contribution in [3.05, 3.63) is 173 Å². The summed E-state index contributed by atoms with van der Waals surface area (Å²) >= 11 is 1.74. The summed E-state index contributed by atoms with van der Waals surface area (Å²) < 4.78 is 13.3. The van der Waals surface area contributed by atoms with Gasteiger partial charge in [0.25, 0.3) is 0 Å². The first kappa shape index (κ1) is 22.9. The Balaban J connectivity index is 1.80. The van der Waals surface area contributed by atoms with Gasteiger partial charge >= 0.3 is 0 Å². The molecule has 0 aliphatic carbocycles. The van der Waals surface area contributed by atoms with Crippen LogP contribution >= 0.6 is 11.8 Å². The molecule has 5 aromatic carbocycles. The van der Waals surface area contributed by atoms with Crippen LogP contribution in [0.3, 0.4) is 0 Å². The highest BCUT2D eigenvalue weighted by Gasteiger charge is 2.40. The topological polar surface area (TPSA) is 20.2 Å². The highest BCUT2D eigenvalue weighted by atomic mass is 32.2. The highest BCUT2D eigenvalue weighted by molar-refractivity contribution is 8.01. The van der Waals surface area contributed by atoms with Gasteiger partial charge in [0.1, 0.15) is 11.6 Å². The van der Waals surface area contributed by atoms with Gasteiger partial charge in [-0.25, -0.2) is 4.39 Å². The third kappa shape index (κ3) is 4.60. The summed E-state index contributed by atoms with van der Waals surface area (Å²) in [6.07, 6.45) is 0. The van der Waals surface area contributed by atoms with Crippen LogP contribution in [0.5, 0.6) is 5.75 Å². The molecule has 1 atom stereocenters. The second kappa shape index (κ2) is 10.2. The van der Waals surface area contributed by atoms with Crippen molar-refractivity contribution in [2.75, 3.05) is 0 Å². The lowest BCUT2D eigenvalue weighted by Crippen LogP contribution is -2.27. The van der Waals surface area contributed by atoms with Gasteiger partial charge in [0.2, 0.25) is 0 Å². The maximum Gasteiger partial charge on any atom is 0.123 e. The molecular weight excluding hydrogens is 451 g/mol. The van der Waals surface area contributed by atoms with E-state index >= 15 is 0 Å². The normalized spacial score (nSPS) is 12.3. The maximum atomic E-state index is 13.9. The zero-order chi connectivity index (χ0) is 24.1. The Morgan fingerprint density at radius 1 is 0.543 bits per heavy atom. The first-order valence-electron chi connectivity index (χ1n) is 11.6. The summed E-state index contributed by atoms with van der Waals surface area (Å²) in [6, 6.07) is 45.3. The summed E-state index contributed by atoms with van der Waals surface area (Å²) in [5.74, 6) is -0.0624. The minimum Gasteiger partial charge on any atom is -0.508 e. The van der Waals surface area contributed by atoms with Gasteiger partial charge in [-0.2, -0.15) is 0 Å². The van der Waals surface area contributed by atoms with Crippen molar-refractivity contribution in [1.29, 1.82) is 0 Å². The summed E-state index contributed by atoms with van der Waals surface area (Å²) in [5, 5.41) is 10.7. The number of rotatable bonds is 7. The smallest absolute Gasteiger partial charge is 0.123 e. The van der Waals surface area contributed by atoms with Crippen molar-refractivity contribution in [3.63, 3.8) is 0 Å². The largest absolute Gasteiger partial charge is 0.508 e. The van der Waals surface area contributed by atoms with Gasteiger partial charge in [-0.15, -0.1) is 11.8 Å². The molecule has 35 heavy (non-hydrogen) atoms. The summed E-state index contributed by atoms with van der Waals surface area (Å²) in [6.45, 7) is 0. The van der Waals surface area contributed by atoms with Crippen LogP contribution in [0.15, 0.2) is 140 Å². The van der Waals surface area contributed by atoms with E-state index in [0.717, 1.165) is 27.8 Å². The lowest BCUT2D eigenvalue weighted by molar-refractivity contribution is 0.469. The fourth-order valence-corrected chi connectivity index (χ4v) is 6.35. The lowest BCUT2D eigenvalue weighted by atomic mass is 9.84. The Morgan fingerprint density at radius 3 is 1.43 bits per heavy atom. The monoisotopic (exact) mass is 476 g/mol. The van der Waals surface area contributed by atoms with Crippen molar-refractivity contribution in [1.82, 2.24) is 0 Å². The Bertz CT molecular complexity index is 1270. The molecule has 0 amide bonds. The molecule has 1 N–H and O–H groups in total. The van der Waals surface area contributed by atoms with Crippen LogP contribution in [-0.4, -0.2) is 5.11 Å². The van der Waals surface area contributed by atoms with Gasteiger partial charge in [0.05, 0.1) is 10.00 Å². The van der Waals surface area contributed by atoms with E-state index in [1.807, 2.05) is 48.5 Å². The second-order valence-corrected chi connectivity index (χ2v) is 9.71. The van der Waals surface area contributed by atoms with E-state index in [9.17, 15) is 9.50 Å². The third-order valence-electron chi connectivity index (χ3n) is 6.23. The number of hydrogen-bond donors (Lipinski definition) is 1. The summed E-state index contributed by atoms with van der Waals surface area (Å²) in [5.41, 5.74) is 5.10. The fourth-order valence-electron chi connectivity index (χ4n) is 4.56. The van der Waals surface area contributed by atoms with Crippen LogP contribution in [-0.2, 0) is 4.75 Å². The number of hydrogen-bond acceptors (Lipinski definition) is 2. The summed E-state index contributed by atoms with van der Waals surface area (Å²) in [4.78, 5) is 0. The second-order valence-electron chi connectivity index (χ2n) is 8.39. The van der Waals surface area contributed by atoms with Crippen LogP contribution < -0.4 is 0 Å². The summed E-state index contributed by atoms with van der Waals surface area (Å²) in [7, 11) is 0. The SMILES string of the molecule is Oc1ccccc1[C@H](SC(c1ccccc1)(c1ccccc1)c1ccccc1)c1ccc(F)cc1. The molecule has 0 spiro atoms. The number of thioether (sulfide) groups is 1. The molecule has 0 bridgehead atoms. The van der Waals surface area contributed by atoms with Crippen LogP contribution in [0.2, 0.25) is 0 Å². The Hall–Kier alpha value is -3.82. The van der Waals surface area contributed by atoms with Crippen molar-refractivity contribution in [2.45, 2.75) is 10.00 Å². The van der Waals surface area contributed by atoms with Gasteiger partial charge in [0, 0.05) is 5.56 Å². The first-order chi connectivity index (χ1) is 17.2. The number of benzene rings is 5. The average molecular weight is 477 g/mol. The average Bonchev–Trinajstić information content (AvgIpc) is 2.92. The molecule has 0 aliphatic rings. The van der Waals surface area contributed by atoms with E-state index in [4.69, 9.17) is 0 Å². The van der Waals surface area contributed by atoms with E-state index in [1.54, 1.807) is 17.8 Å². The lowest BCUT2D eigenvalue weighted by Gasteiger charge is -2.38. The van der Waals surface area contributed by atoms with Gasteiger partial charge in [0.15, 0.2) is 0 Å². The molecule has 5 aromatic rings. The molecule has 0 saturated carbocycles. The third-order valence-corrected chi connectivity index (χ3v) is 8.05. The first-order valence-corrected chi connectivity index (χ1v) is 12.4. The Kier molecular flexibility index (Phi) is 6.69. The number of halogens is 1. The zero-order valence-electron chi connectivity index (χ0n) is 19.1. The number of phenols is 1. The van der Waals surface area contributed by atoms with E-state index in [1.165, 1.54) is 12.1 Å². The minimum absolute atomic E-state index is 0.220. The van der Waals surface area contributed by atoms with Crippen LogP contribution in [0.1, 0.15) is 33.1 Å². The fraction of sp³-hybridized carbons (Fsp3) is 0.0625. The molecule has 5 rings (SSSR count). The van der Waals surface area contributed by atoms with Crippen molar-refractivity contribution in [3.8, 4) is 5.75 Å². The molecular formula is C32H25FOS. The van der Waals surface area contributed by atoms with Crippen LogP contribution in [0, 0.1) is 5.82 Å². The predicted octanol–water partition coefficient (Wildman–Crippen LogP) is 8.35. The predicted molar refractivity (Wildman–Crippen MR) is 143 cm³/mol. The molecule has 0 fully saturated rings. The van der Waals surface area contributed by atoms with Gasteiger partial charge < -0.3 is 5.11 Å². The van der Waals surface area contributed by atoms with Gasteiger partial charge in [-0.1, -0.05) is 121 Å². The van der Waals surface area contributed by atoms with E-state index < -0.39 is 4.75 Å². The molecule has 0 saturated heterocycles. The van der Waals surface area contributed by atoms with Crippen LogP contribution in [0.25, 0.3) is 0 Å². The highest BCUT2D eigenvalue weighted by Crippen LogP contribution is 2.56. The molecule has 1 nitrogen and oxygen atoms in total. The number of phenolic OH excluding ortho intramolecular Hbond substituents is 1. The number of para-hydroxylation sites is 1. The molecule has 172 valence electrons. The Morgan fingerprint density at radius 2 is 0.971 bits per heavy atom. The minimum atomic E-state index is -0.592. The quantitative estimate of drug-likeness (QED) is 0.238. The standard InChI is InChI=1S/C32H25FOS/c33-28-22-20-24(21-23-28)31(29-18-10-11-19-30(29)34)35-32(25-12-4-1-5-13-25,26-14-6-2-7-15-26)27-16-8-3-9-17-27/h1-23,31,34H/t31-/m1/s1. The van der Waals surface area contributed by atoms with Gasteiger partial charge in [-0.05, 0) is 40.5 Å². The molecule has 0 heterocycles. The molecule has 3 heteroatoms. The van der Waals surface area contributed by atoms with E-state index in [-0.39, 0.29) is 16.8 Å². The molecule has 0 unspecified atom stereocenters. The van der Waals surface area contributed by atoms with E-state index in [0.29, 0.717) is 0 Å². The van der Waals surface area contributed by atoms with Crippen molar-refractivity contribution >= 4 is 11.8 Å². The molecule has 0 aromatic heterocycles. The van der Waals surface area contributed by atoms with E-state index in [2.05, 4.69) is 72.8 Å². The molecule has 0 radical (unpaired) electrons. The van der Waals surface area contributed by atoms with Crippen molar-refractivity contribution in [2.24, 2.45) is 0 Å². The molecule has 0 aliphatic heterocycles. The van der Waals surface area contributed by atoms with Gasteiger partial charge in [-0.3, -0.25) is 0 Å². The Labute approximate surface area is 209 Å². The van der Waals surface area contributed by atoms with Crippen LogP contribution in [0.4, 0.5) is 4.39 Å². The number of aromatic hydroxyl groups is 1. The zero-order valence-corrected chi connectivity index (χ0v) is 19.9. The maximum absolute atomic E-state index is 13.9.